The highest BCUT2D eigenvalue weighted by molar-refractivity contribution is 7.92. The molecule has 37 heavy (non-hydrogen) atoms. The summed E-state index contributed by atoms with van der Waals surface area (Å²) in [6.45, 7) is 1.75. The van der Waals surface area contributed by atoms with Crippen molar-refractivity contribution in [3.8, 4) is 17.1 Å². The summed E-state index contributed by atoms with van der Waals surface area (Å²) >= 11 is 0. The van der Waals surface area contributed by atoms with E-state index in [1.54, 1.807) is 47.9 Å². The molecule has 0 bridgehead atoms. The predicted molar refractivity (Wildman–Crippen MR) is 139 cm³/mol. The van der Waals surface area contributed by atoms with Gasteiger partial charge in [0.25, 0.3) is 15.6 Å². The lowest BCUT2D eigenvalue weighted by atomic mass is 10.2. The minimum Gasteiger partial charge on any atom is -0.267 e. The van der Waals surface area contributed by atoms with E-state index in [-0.39, 0.29) is 16.4 Å². The average Bonchev–Trinajstić information content (AvgIpc) is 3.29. The van der Waals surface area contributed by atoms with E-state index in [0.717, 1.165) is 5.56 Å². The highest BCUT2D eigenvalue weighted by Gasteiger charge is 2.20. The molecular weight excluding hydrogens is 490 g/mol. The van der Waals surface area contributed by atoms with Gasteiger partial charge in [-0.25, -0.2) is 28.1 Å². The van der Waals surface area contributed by atoms with Gasteiger partial charge in [0.1, 0.15) is 0 Å². The zero-order valence-corrected chi connectivity index (χ0v) is 20.3. The highest BCUT2D eigenvalue weighted by Crippen LogP contribution is 2.25. The van der Waals surface area contributed by atoms with Crippen LogP contribution >= 0.6 is 0 Å². The van der Waals surface area contributed by atoms with Gasteiger partial charge in [0.05, 0.1) is 21.5 Å². The smallest absolute Gasteiger partial charge is 0.267 e. The van der Waals surface area contributed by atoms with Gasteiger partial charge < -0.3 is 0 Å². The summed E-state index contributed by atoms with van der Waals surface area (Å²) in [4.78, 5) is 26.1. The Labute approximate surface area is 211 Å². The SMILES string of the molecule is Cc1ccnc(NS(=O)(=O)c2ccc(-n3c(-c4ccccc4)nn4c(=O)c5ccccc5nc34)cc2)n1. The average molecular weight is 510 g/mol. The normalized spacial score (nSPS) is 11.7. The Balaban J connectivity index is 1.51. The molecule has 6 rings (SSSR count). The van der Waals surface area contributed by atoms with Crippen molar-refractivity contribution in [1.29, 1.82) is 0 Å². The number of nitrogens with one attached hydrogen (secondary N) is 1. The molecule has 3 aromatic carbocycles. The minimum atomic E-state index is -3.93. The molecule has 0 aliphatic carbocycles. The van der Waals surface area contributed by atoms with Gasteiger partial charge in [0.15, 0.2) is 5.82 Å². The molecule has 1 N–H and O–H groups in total. The third kappa shape index (κ3) is 4.00. The first-order chi connectivity index (χ1) is 17.9. The van der Waals surface area contributed by atoms with E-state index in [1.807, 2.05) is 36.4 Å². The fourth-order valence-corrected chi connectivity index (χ4v) is 5.00. The maximum atomic E-state index is 13.2. The Hall–Kier alpha value is -4.90. The Kier molecular flexibility index (Phi) is 5.27. The summed E-state index contributed by atoms with van der Waals surface area (Å²) in [5, 5.41) is 5.06. The van der Waals surface area contributed by atoms with E-state index in [0.29, 0.717) is 33.9 Å². The van der Waals surface area contributed by atoms with Crippen LogP contribution in [0.3, 0.4) is 0 Å². The van der Waals surface area contributed by atoms with Gasteiger partial charge in [0, 0.05) is 17.5 Å². The standard InChI is InChI=1S/C26H19N7O3S/c1-17-15-16-27-25(28-17)31-37(35,36)20-13-11-19(12-14-20)32-23(18-7-3-2-4-8-18)30-33-24(34)21-9-5-6-10-22(21)29-26(32)33/h2-16H,1H3,(H,27,28,31). The Morgan fingerprint density at radius 1 is 0.838 bits per heavy atom. The summed E-state index contributed by atoms with van der Waals surface area (Å²) in [5.74, 6) is 0.790. The van der Waals surface area contributed by atoms with Crippen molar-refractivity contribution in [3.63, 3.8) is 0 Å². The first-order valence-electron chi connectivity index (χ1n) is 11.3. The monoisotopic (exact) mass is 509 g/mol. The molecule has 0 aliphatic rings. The quantitative estimate of drug-likeness (QED) is 0.377. The van der Waals surface area contributed by atoms with Crippen molar-refractivity contribution in [1.82, 2.24) is 29.1 Å². The van der Waals surface area contributed by atoms with E-state index in [1.165, 1.54) is 22.8 Å². The molecule has 0 radical (unpaired) electrons. The molecule has 6 aromatic rings. The molecule has 0 aliphatic heterocycles. The zero-order chi connectivity index (χ0) is 25.6. The minimum absolute atomic E-state index is 0.00787. The molecule has 0 unspecified atom stereocenters. The highest BCUT2D eigenvalue weighted by atomic mass is 32.2. The van der Waals surface area contributed by atoms with Crippen LogP contribution < -0.4 is 10.3 Å². The number of benzene rings is 3. The molecule has 0 saturated carbocycles. The molecule has 182 valence electrons. The number of aryl methyl sites for hydroxylation is 1. The molecule has 0 spiro atoms. The molecule has 0 saturated heterocycles. The van der Waals surface area contributed by atoms with Crippen LogP contribution in [0.15, 0.2) is 101 Å². The predicted octanol–water partition coefficient (Wildman–Crippen LogP) is 3.60. The molecule has 10 nitrogen and oxygen atoms in total. The third-order valence-corrected chi connectivity index (χ3v) is 7.14. The van der Waals surface area contributed by atoms with Crippen molar-refractivity contribution in [3.05, 3.63) is 107 Å². The molecule has 0 amide bonds. The lowest BCUT2D eigenvalue weighted by Crippen LogP contribution is -2.16. The van der Waals surface area contributed by atoms with E-state index >= 15 is 0 Å². The first-order valence-corrected chi connectivity index (χ1v) is 12.8. The van der Waals surface area contributed by atoms with Crippen LogP contribution in [-0.2, 0) is 10.0 Å². The molecule has 3 heterocycles. The second-order valence-corrected chi connectivity index (χ2v) is 9.97. The number of sulfonamides is 1. The van der Waals surface area contributed by atoms with Crippen LogP contribution in [-0.4, -0.2) is 37.6 Å². The zero-order valence-electron chi connectivity index (χ0n) is 19.5. The Morgan fingerprint density at radius 2 is 1.57 bits per heavy atom. The van der Waals surface area contributed by atoms with E-state index in [9.17, 15) is 13.2 Å². The van der Waals surface area contributed by atoms with Crippen LogP contribution in [0.4, 0.5) is 5.95 Å². The number of rotatable bonds is 5. The fraction of sp³-hybridized carbons (Fsp3) is 0.0385. The van der Waals surface area contributed by atoms with Crippen molar-refractivity contribution in [2.45, 2.75) is 11.8 Å². The maximum Gasteiger partial charge on any atom is 0.283 e. The van der Waals surface area contributed by atoms with Crippen molar-refractivity contribution < 1.29 is 8.42 Å². The van der Waals surface area contributed by atoms with Gasteiger partial charge in [-0.2, -0.15) is 4.52 Å². The van der Waals surface area contributed by atoms with Crippen LogP contribution in [0.25, 0.3) is 33.8 Å². The van der Waals surface area contributed by atoms with E-state index in [4.69, 9.17) is 4.98 Å². The summed E-state index contributed by atoms with van der Waals surface area (Å²) in [7, 11) is -3.93. The molecule has 0 atom stereocenters. The number of hydrogen-bond acceptors (Lipinski definition) is 7. The van der Waals surface area contributed by atoms with Gasteiger partial charge in [0.2, 0.25) is 11.7 Å². The van der Waals surface area contributed by atoms with E-state index in [2.05, 4.69) is 19.8 Å². The number of hydrogen-bond donors (Lipinski definition) is 1. The summed E-state index contributed by atoms with van der Waals surface area (Å²) in [6, 6.07) is 24.4. The number of anilines is 1. The summed E-state index contributed by atoms with van der Waals surface area (Å²) in [5.41, 5.74) is 2.24. The molecule has 3 aromatic heterocycles. The van der Waals surface area contributed by atoms with Gasteiger partial charge in [-0.05, 0) is 49.4 Å². The number of nitrogens with zero attached hydrogens (tertiary/aromatic N) is 6. The summed E-state index contributed by atoms with van der Waals surface area (Å²) in [6.07, 6.45) is 1.48. The van der Waals surface area contributed by atoms with Gasteiger partial charge in [-0.3, -0.25) is 9.36 Å². The summed E-state index contributed by atoms with van der Waals surface area (Å²) < 4.78 is 31.3. The third-order valence-electron chi connectivity index (χ3n) is 5.80. The molecule has 11 heteroatoms. The second-order valence-electron chi connectivity index (χ2n) is 8.29. The first kappa shape index (κ1) is 22.6. The Morgan fingerprint density at radius 3 is 2.32 bits per heavy atom. The lowest BCUT2D eigenvalue weighted by molar-refractivity contribution is 0.601. The second kappa shape index (κ2) is 8.64. The number of aromatic nitrogens is 6. The number of fused-ring (bicyclic) bond motifs is 2. The van der Waals surface area contributed by atoms with Crippen LogP contribution in [0.2, 0.25) is 0 Å². The largest absolute Gasteiger partial charge is 0.283 e. The molecular formula is C26H19N7O3S. The maximum absolute atomic E-state index is 13.2. The van der Waals surface area contributed by atoms with Gasteiger partial charge in [-0.15, -0.1) is 5.10 Å². The van der Waals surface area contributed by atoms with E-state index < -0.39 is 10.0 Å². The molecule has 0 fully saturated rings. The van der Waals surface area contributed by atoms with Gasteiger partial charge in [-0.1, -0.05) is 42.5 Å². The van der Waals surface area contributed by atoms with Gasteiger partial charge >= 0.3 is 0 Å². The topological polar surface area (TPSA) is 124 Å². The van der Waals surface area contributed by atoms with Crippen LogP contribution in [0.5, 0.6) is 0 Å². The Bertz CT molecular complexity index is 1950. The number of para-hydroxylation sites is 1. The lowest BCUT2D eigenvalue weighted by Gasteiger charge is -2.10. The van der Waals surface area contributed by atoms with Crippen LogP contribution in [0, 0.1) is 6.92 Å². The van der Waals surface area contributed by atoms with Crippen molar-refractivity contribution in [2.24, 2.45) is 0 Å². The van der Waals surface area contributed by atoms with Crippen molar-refractivity contribution >= 4 is 32.7 Å². The van der Waals surface area contributed by atoms with Crippen LogP contribution in [0.1, 0.15) is 5.69 Å². The fourth-order valence-electron chi connectivity index (χ4n) is 4.04. The van der Waals surface area contributed by atoms with Crippen molar-refractivity contribution in [2.75, 3.05) is 4.72 Å².